The van der Waals surface area contributed by atoms with Gasteiger partial charge in [-0.3, -0.25) is 14.6 Å². The highest BCUT2D eigenvalue weighted by Gasteiger charge is 2.39. The van der Waals surface area contributed by atoms with Gasteiger partial charge in [0, 0.05) is 37.1 Å². The lowest BCUT2D eigenvalue weighted by atomic mass is 10.0. The van der Waals surface area contributed by atoms with E-state index in [1.807, 2.05) is 9.80 Å². The van der Waals surface area contributed by atoms with Gasteiger partial charge >= 0.3 is 12.4 Å². The van der Waals surface area contributed by atoms with Crippen LogP contribution in [0.25, 0.3) is 0 Å². The van der Waals surface area contributed by atoms with Crippen LogP contribution in [0.2, 0.25) is 0 Å². The smallest absolute Gasteiger partial charge is 0.389 e. The van der Waals surface area contributed by atoms with Gasteiger partial charge in [-0.15, -0.1) is 0 Å². The van der Waals surface area contributed by atoms with Gasteiger partial charge in [0.25, 0.3) is 11.8 Å². The maximum Gasteiger partial charge on any atom is 0.389 e. The number of benzene rings is 2. The predicted molar refractivity (Wildman–Crippen MR) is 182 cm³/mol. The van der Waals surface area contributed by atoms with Gasteiger partial charge in [-0.25, -0.2) is 0 Å². The minimum absolute atomic E-state index is 0.00639. The largest absolute Gasteiger partial charge is 0.494 e. The molecule has 2 fully saturated rings. The zero-order valence-corrected chi connectivity index (χ0v) is 29.9. The molecule has 4 rings (SSSR count). The van der Waals surface area contributed by atoms with Gasteiger partial charge < -0.3 is 20.1 Å². The molecule has 2 aliphatic heterocycles. The Labute approximate surface area is 308 Å². The van der Waals surface area contributed by atoms with Crippen LogP contribution in [0, 0.1) is 0 Å². The van der Waals surface area contributed by atoms with E-state index in [1.54, 1.807) is 0 Å². The number of halogens is 10. The topological polar surface area (TPSA) is 66.1 Å². The number of nitrogens with zero attached hydrogens (tertiary/aromatic N) is 2. The summed E-state index contributed by atoms with van der Waals surface area (Å²) in [6.45, 7) is -0.268. The first-order chi connectivity index (χ1) is 25.4. The number of ether oxygens (including phenoxy) is 2. The summed E-state index contributed by atoms with van der Waals surface area (Å²) < 4.78 is 147. The number of carbonyl (C=O) groups is 1. The molecule has 0 aromatic heterocycles. The minimum Gasteiger partial charge on any atom is -0.494 e. The lowest BCUT2D eigenvalue weighted by Crippen LogP contribution is -2.57. The number of carbonyl (C=O) groups excluding carboxylic acids is 1. The SMILES string of the molecule is O=C(C(CNCC(F)(F)c1cccc(OCCCC(F)(F)F)c1)N1CCCC1)C(CNCC(F)(F)c1cccc(OCCCC(F)(F)F)c1)N1CCCC1. The number of rotatable bonds is 22. The second kappa shape index (κ2) is 19.6. The molecule has 0 aliphatic carbocycles. The molecule has 2 heterocycles. The summed E-state index contributed by atoms with van der Waals surface area (Å²) in [5.41, 5.74) is -0.822. The van der Waals surface area contributed by atoms with E-state index in [9.17, 15) is 31.1 Å². The molecule has 17 heteroatoms. The average Bonchev–Trinajstić information content (AvgIpc) is 3.84. The lowest BCUT2D eigenvalue weighted by Gasteiger charge is -2.34. The second-order valence-electron chi connectivity index (χ2n) is 13.8. The van der Waals surface area contributed by atoms with E-state index < -0.39 is 73.3 Å². The molecular weight excluding hydrogens is 738 g/mol. The van der Waals surface area contributed by atoms with E-state index in [4.69, 9.17) is 9.47 Å². The van der Waals surface area contributed by atoms with Crippen LogP contribution in [0.3, 0.4) is 0 Å². The fraction of sp³-hybridized carbons (Fsp3) is 0.649. The molecule has 2 unspecified atom stereocenters. The van der Waals surface area contributed by atoms with Crippen molar-refractivity contribution in [3.8, 4) is 11.5 Å². The second-order valence-corrected chi connectivity index (χ2v) is 13.8. The van der Waals surface area contributed by atoms with Crippen LogP contribution in [-0.2, 0) is 16.6 Å². The Morgan fingerprint density at radius 1 is 0.611 bits per heavy atom. The average molecular weight is 787 g/mol. The van der Waals surface area contributed by atoms with Crippen LogP contribution in [-0.4, -0.2) is 106 Å². The Morgan fingerprint density at radius 3 is 1.33 bits per heavy atom. The van der Waals surface area contributed by atoms with E-state index in [-0.39, 0.29) is 56.4 Å². The summed E-state index contributed by atoms with van der Waals surface area (Å²) in [6.07, 6.45) is -8.24. The van der Waals surface area contributed by atoms with E-state index in [0.29, 0.717) is 26.2 Å². The van der Waals surface area contributed by atoms with Gasteiger partial charge in [0.2, 0.25) is 0 Å². The Balaban J connectivity index is 1.37. The number of ketones is 1. The molecule has 2 saturated heterocycles. The quantitative estimate of drug-likeness (QED) is 0.0938. The van der Waals surface area contributed by atoms with Crippen molar-refractivity contribution in [2.75, 3.05) is 65.6 Å². The standard InChI is InChI=1S/C37H48F10N4O3/c38-34(39,27-9-5-11-29(21-27)53-19-7-13-36(42,43)44)25-48-23-31(50-15-1-2-16-50)33(52)32(51-17-3-4-18-51)24-49-26-35(40,41)28-10-6-12-30(22-28)54-20-8-14-37(45,46)47/h5-6,9-12,21-22,31-32,48-49H,1-4,7-8,13-20,23-26H2. The molecule has 0 radical (unpaired) electrons. The molecule has 2 atom stereocenters. The van der Waals surface area contributed by atoms with Gasteiger partial charge in [0.05, 0.1) is 38.4 Å². The van der Waals surface area contributed by atoms with E-state index in [1.165, 1.54) is 36.4 Å². The summed E-state index contributed by atoms with van der Waals surface area (Å²) >= 11 is 0. The molecule has 304 valence electrons. The first-order valence-corrected chi connectivity index (χ1v) is 18.2. The van der Waals surface area contributed by atoms with Crippen molar-refractivity contribution in [1.82, 2.24) is 20.4 Å². The number of likely N-dealkylation sites (tertiary alicyclic amines) is 2. The van der Waals surface area contributed by atoms with E-state index >= 15 is 17.6 Å². The third-order valence-corrected chi connectivity index (χ3v) is 9.45. The van der Waals surface area contributed by atoms with Crippen molar-refractivity contribution in [2.45, 2.75) is 87.6 Å². The minimum atomic E-state index is -4.35. The molecule has 2 aliphatic rings. The first kappa shape index (κ1) is 43.6. The van der Waals surface area contributed by atoms with E-state index in [2.05, 4.69) is 10.6 Å². The normalized spacial score (nSPS) is 17.5. The van der Waals surface area contributed by atoms with Crippen LogP contribution in [0.5, 0.6) is 11.5 Å². The Morgan fingerprint density at radius 2 is 0.981 bits per heavy atom. The lowest BCUT2D eigenvalue weighted by molar-refractivity contribution is -0.137. The number of nitrogens with one attached hydrogen (secondary N) is 2. The fourth-order valence-electron chi connectivity index (χ4n) is 6.64. The first-order valence-electron chi connectivity index (χ1n) is 18.2. The Kier molecular flexibility index (Phi) is 15.8. The molecule has 0 spiro atoms. The number of Topliss-reactive ketones (excluding diaryl/α,β-unsaturated/α-hetero) is 1. The van der Waals surface area contributed by atoms with Crippen molar-refractivity contribution in [2.24, 2.45) is 0 Å². The van der Waals surface area contributed by atoms with Gasteiger partial charge in [0.1, 0.15) is 11.5 Å². The van der Waals surface area contributed by atoms with Crippen LogP contribution in [0.1, 0.15) is 62.5 Å². The zero-order chi connectivity index (χ0) is 39.4. The van der Waals surface area contributed by atoms with E-state index in [0.717, 1.165) is 37.8 Å². The van der Waals surface area contributed by atoms with Crippen LogP contribution < -0.4 is 20.1 Å². The summed E-state index contributed by atoms with van der Waals surface area (Å²) in [7, 11) is 0. The molecule has 2 aromatic carbocycles. The zero-order valence-electron chi connectivity index (χ0n) is 29.9. The van der Waals surface area contributed by atoms with Crippen molar-refractivity contribution >= 4 is 5.78 Å². The highest BCUT2D eigenvalue weighted by molar-refractivity contribution is 5.89. The van der Waals surface area contributed by atoms with Crippen molar-refractivity contribution in [1.29, 1.82) is 0 Å². The Bertz CT molecular complexity index is 1340. The van der Waals surface area contributed by atoms with Gasteiger partial charge in [0.15, 0.2) is 5.78 Å². The molecule has 0 bridgehead atoms. The van der Waals surface area contributed by atoms with Gasteiger partial charge in [-0.05, 0) is 89.0 Å². The van der Waals surface area contributed by atoms with Gasteiger partial charge in [-0.1, -0.05) is 24.3 Å². The van der Waals surface area contributed by atoms with Crippen molar-refractivity contribution < 1.29 is 58.2 Å². The number of hydrogen-bond donors (Lipinski definition) is 2. The van der Waals surface area contributed by atoms with Crippen molar-refractivity contribution in [3.63, 3.8) is 0 Å². The molecule has 2 aromatic rings. The molecular formula is C37H48F10N4O3. The maximum absolute atomic E-state index is 15.4. The summed E-state index contributed by atoms with van der Waals surface area (Å²) in [5, 5.41) is 5.49. The third-order valence-electron chi connectivity index (χ3n) is 9.45. The van der Waals surface area contributed by atoms with Crippen molar-refractivity contribution in [3.05, 3.63) is 59.7 Å². The maximum atomic E-state index is 15.4. The summed E-state index contributed by atoms with van der Waals surface area (Å²) in [4.78, 5) is 18.1. The highest BCUT2D eigenvalue weighted by atomic mass is 19.4. The number of alkyl halides is 10. The highest BCUT2D eigenvalue weighted by Crippen LogP contribution is 2.32. The monoisotopic (exact) mass is 786 g/mol. The molecule has 2 N–H and O–H groups in total. The Hall–Kier alpha value is -3.15. The fourth-order valence-corrected chi connectivity index (χ4v) is 6.64. The molecule has 0 saturated carbocycles. The van der Waals surface area contributed by atoms with Crippen LogP contribution in [0.15, 0.2) is 48.5 Å². The third kappa shape index (κ3) is 14.2. The molecule has 7 nitrogen and oxygen atoms in total. The molecule has 54 heavy (non-hydrogen) atoms. The number of hydrogen-bond acceptors (Lipinski definition) is 7. The summed E-state index contributed by atoms with van der Waals surface area (Å²) in [5.74, 6) is -7.11. The molecule has 0 amide bonds. The summed E-state index contributed by atoms with van der Waals surface area (Å²) in [6, 6.07) is 8.28. The predicted octanol–water partition coefficient (Wildman–Crippen LogP) is 7.69. The van der Waals surface area contributed by atoms with Crippen LogP contribution in [0.4, 0.5) is 43.9 Å². The van der Waals surface area contributed by atoms with Crippen LogP contribution >= 0.6 is 0 Å². The van der Waals surface area contributed by atoms with Gasteiger partial charge in [-0.2, -0.15) is 43.9 Å².